The molecule has 5 heteroatoms. The van der Waals surface area contributed by atoms with E-state index in [0.29, 0.717) is 0 Å². The predicted octanol–water partition coefficient (Wildman–Crippen LogP) is 2.02. The summed E-state index contributed by atoms with van der Waals surface area (Å²) < 4.78 is 0. The number of phenols is 1. The summed E-state index contributed by atoms with van der Waals surface area (Å²) in [4.78, 5) is 9.02. The van der Waals surface area contributed by atoms with E-state index in [1.54, 1.807) is 23.5 Å². The van der Waals surface area contributed by atoms with Gasteiger partial charge in [0, 0.05) is 43.3 Å². The monoisotopic (exact) mass is 299 g/mol. The van der Waals surface area contributed by atoms with Gasteiger partial charge in [-0.15, -0.1) is 11.3 Å². The van der Waals surface area contributed by atoms with Crippen LogP contribution < -0.4 is 4.90 Å². The molecule has 0 atom stereocenters. The summed E-state index contributed by atoms with van der Waals surface area (Å²) in [5.74, 6) is 6.54. The molecule has 0 bridgehead atoms. The highest BCUT2D eigenvalue weighted by atomic mass is 32.1. The highest BCUT2D eigenvalue weighted by molar-refractivity contribution is 7.13. The fourth-order valence-corrected chi connectivity index (χ4v) is 3.00. The largest absolute Gasteiger partial charge is 0.508 e. The third-order valence-corrected chi connectivity index (χ3v) is 4.28. The molecule has 1 aliphatic heterocycles. The van der Waals surface area contributed by atoms with Crippen LogP contribution in [0.5, 0.6) is 5.75 Å². The summed E-state index contributed by atoms with van der Waals surface area (Å²) in [7, 11) is 0. The number of thiazole rings is 1. The minimum atomic E-state index is 0.263. The summed E-state index contributed by atoms with van der Waals surface area (Å²) in [5, 5.41) is 12.5. The molecular weight excluding hydrogens is 282 g/mol. The molecular formula is C16H17N3OS. The third-order valence-electron chi connectivity index (χ3n) is 3.44. The number of rotatable bonds is 2. The number of aromatic nitrogens is 1. The van der Waals surface area contributed by atoms with Crippen LogP contribution in [0.3, 0.4) is 0 Å². The number of hydrogen-bond acceptors (Lipinski definition) is 5. The van der Waals surface area contributed by atoms with Gasteiger partial charge in [-0.2, -0.15) is 0 Å². The van der Waals surface area contributed by atoms with Crippen LogP contribution in [0.15, 0.2) is 35.8 Å². The van der Waals surface area contributed by atoms with Gasteiger partial charge >= 0.3 is 0 Å². The molecule has 0 spiro atoms. The second kappa shape index (κ2) is 6.61. The van der Waals surface area contributed by atoms with Crippen molar-refractivity contribution in [2.75, 3.05) is 37.6 Å². The van der Waals surface area contributed by atoms with Crippen molar-refractivity contribution >= 4 is 16.5 Å². The average molecular weight is 299 g/mol. The first-order chi connectivity index (χ1) is 10.3. The number of benzene rings is 1. The van der Waals surface area contributed by atoms with Crippen molar-refractivity contribution < 1.29 is 5.11 Å². The lowest BCUT2D eigenvalue weighted by Crippen LogP contribution is -2.46. The van der Waals surface area contributed by atoms with Gasteiger partial charge in [0.15, 0.2) is 5.13 Å². The van der Waals surface area contributed by atoms with Gasteiger partial charge in [-0.1, -0.05) is 17.9 Å². The Hall–Kier alpha value is -2.03. The van der Waals surface area contributed by atoms with Gasteiger partial charge in [-0.3, -0.25) is 4.90 Å². The number of aromatic hydroxyl groups is 1. The van der Waals surface area contributed by atoms with Gasteiger partial charge in [0.2, 0.25) is 0 Å². The number of hydrogen-bond donors (Lipinski definition) is 1. The highest BCUT2D eigenvalue weighted by Crippen LogP contribution is 2.18. The van der Waals surface area contributed by atoms with E-state index in [2.05, 4.69) is 26.6 Å². The molecule has 0 saturated carbocycles. The van der Waals surface area contributed by atoms with E-state index < -0.39 is 0 Å². The molecule has 1 saturated heterocycles. The van der Waals surface area contributed by atoms with Crippen LogP contribution in [-0.2, 0) is 0 Å². The molecule has 2 heterocycles. The Labute approximate surface area is 128 Å². The summed E-state index contributed by atoms with van der Waals surface area (Å²) in [6.07, 6.45) is 1.85. The number of anilines is 1. The quantitative estimate of drug-likeness (QED) is 0.861. The molecule has 3 rings (SSSR count). The molecule has 4 nitrogen and oxygen atoms in total. The molecule has 108 valence electrons. The Morgan fingerprint density at radius 3 is 2.81 bits per heavy atom. The third kappa shape index (κ3) is 3.75. The minimum Gasteiger partial charge on any atom is -0.508 e. The molecule has 0 unspecified atom stereocenters. The van der Waals surface area contributed by atoms with E-state index in [4.69, 9.17) is 0 Å². The Morgan fingerprint density at radius 1 is 1.24 bits per heavy atom. The van der Waals surface area contributed by atoms with Crippen molar-refractivity contribution in [1.29, 1.82) is 0 Å². The first kappa shape index (κ1) is 13.9. The molecule has 0 aliphatic carbocycles. The lowest BCUT2D eigenvalue weighted by Gasteiger charge is -2.33. The molecule has 2 aromatic rings. The van der Waals surface area contributed by atoms with Crippen molar-refractivity contribution in [3.05, 3.63) is 41.4 Å². The van der Waals surface area contributed by atoms with Gasteiger partial charge in [-0.05, 0) is 18.2 Å². The number of nitrogens with zero attached hydrogens (tertiary/aromatic N) is 3. The molecule has 1 fully saturated rings. The van der Waals surface area contributed by atoms with Crippen molar-refractivity contribution in [3.63, 3.8) is 0 Å². The standard InChI is InChI=1S/C16H17N3OS/c20-15-5-1-3-14(13-15)4-2-7-18-8-10-19(11-9-18)16-17-6-12-21-16/h1,3,5-6,12-13,20H,7-11H2. The summed E-state index contributed by atoms with van der Waals surface area (Å²) in [6.45, 7) is 4.78. The van der Waals surface area contributed by atoms with E-state index >= 15 is 0 Å². The van der Waals surface area contributed by atoms with E-state index in [1.165, 1.54) is 0 Å². The minimum absolute atomic E-state index is 0.263. The number of piperazine rings is 1. The maximum absolute atomic E-state index is 9.39. The van der Waals surface area contributed by atoms with E-state index in [9.17, 15) is 5.11 Å². The van der Waals surface area contributed by atoms with Crippen LogP contribution in [0, 0.1) is 11.8 Å². The lowest BCUT2D eigenvalue weighted by molar-refractivity contribution is 0.288. The molecule has 1 N–H and O–H groups in total. The zero-order valence-corrected chi connectivity index (χ0v) is 12.5. The van der Waals surface area contributed by atoms with E-state index in [-0.39, 0.29) is 5.75 Å². The van der Waals surface area contributed by atoms with Crippen LogP contribution in [0.1, 0.15) is 5.56 Å². The summed E-state index contributed by atoms with van der Waals surface area (Å²) >= 11 is 1.69. The molecule has 21 heavy (non-hydrogen) atoms. The van der Waals surface area contributed by atoms with Gasteiger partial charge < -0.3 is 10.0 Å². The maximum atomic E-state index is 9.39. The van der Waals surface area contributed by atoms with Crippen LogP contribution in [-0.4, -0.2) is 47.7 Å². The smallest absolute Gasteiger partial charge is 0.185 e. The van der Waals surface area contributed by atoms with Crippen molar-refractivity contribution in [2.24, 2.45) is 0 Å². The van der Waals surface area contributed by atoms with Crippen molar-refractivity contribution in [1.82, 2.24) is 9.88 Å². The van der Waals surface area contributed by atoms with Gasteiger partial charge in [-0.25, -0.2) is 4.98 Å². The topological polar surface area (TPSA) is 39.6 Å². The Balaban J connectivity index is 1.50. The predicted molar refractivity (Wildman–Crippen MR) is 85.8 cm³/mol. The highest BCUT2D eigenvalue weighted by Gasteiger charge is 2.17. The second-order valence-electron chi connectivity index (χ2n) is 4.93. The Bertz CT molecular complexity index is 637. The number of phenolic OH excluding ortho intramolecular Hbond substituents is 1. The van der Waals surface area contributed by atoms with Crippen molar-refractivity contribution in [2.45, 2.75) is 0 Å². The van der Waals surface area contributed by atoms with Gasteiger partial charge in [0.25, 0.3) is 0 Å². The fourth-order valence-electron chi connectivity index (χ4n) is 2.31. The zero-order valence-electron chi connectivity index (χ0n) is 11.7. The molecule has 1 aromatic heterocycles. The normalized spacial score (nSPS) is 15.5. The maximum Gasteiger partial charge on any atom is 0.185 e. The lowest BCUT2D eigenvalue weighted by atomic mass is 10.2. The Kier molecular flexibility index (Phi) is 4.39. The van der Waals surface area contributed by atoms with Gasteiger partial charge in [0.05, 0.1) is 6.54 Å². The first-order valence-electron chi connectivity index (χ1n) is 6.96. The second-order valence-corrected chi connectivity index (χ2v) is 5.80. The molecule has 1 aromatic carbocycles. The van der Waals surface area contributed by atoms with Crippen LogP contribution in [0.2, 0.25) is 0 Å². The summed E-state index contributed by atoms with van der Waals surface area (Å²) in [6, 6.07) is 7.07. The molecule has 0 radical (unpaired) electrons. The zero-order chi connectivity index (χ0) is 14.5. The molecule has 0 amide bonds. The van der Waals surface area contributed by atoms with Crippen LogP contribution in [0.25, 0.3) is 0 Å². The Morgan fingerprint density at radius 2 is 2.10 bits per heavy atom. The SMILES string of the molecule is Oc1cccc(C#CCN2CCN(c3nccs3)CC2)c1. The van der Waals surface area contributed by atoms with Crippen LogP contribution in [0.4, 0.5) is 5.13 Å². The van der Waals surface area contributed by atoms with Gasteiger partial charge in [0.1, 0.15) is 5.75 Å². The van der Waals surface area contributed by atoms with E-state index in [1.807, 2.05) is 23.7 Å². The van der Waals surface area contributed by atoms with Crippen molar-refractivity contribution in [3.8, 4) is 17.6 Å². The first-order valence-corrected chi connectivity index (χ1v) is 7.84. The van der Waals surface area contributed by atoms with Crippen LogP contribution >= 0.6 is 11.3 Å². The molecule has 1 aliphatic rings. The fraction of sp³-hybridized carbons (Fsp3) is 0.312. The summed E-state index contributed by atoms with van der Waals surface area (Å²) in [5.41, 5.74) is 0.858. The van der Waals surface area contributed by atoms with E-state index in [0.717, 1.165) is 43.4 Å². The average Bonchev–Trinajstić information content (AvgIpc) is 3.02.